The molecule has 6 heteroatoms. The van der Waals surface area contributed by atoms with Gasteiger partial charge >= 0.3 is 0 Å². The zero-order valence-electron chi connectivity index (χ0n) is 10.3. The number of nitrogen functional groups attached to an aromatic ring is 1. The number of carbonyl (C=O) groups is 1. The van der Waals surface area contributed by atoms with Crippen LogP contribution in [0, 0.1) is 0 Å². The number of hydrogen-bond donors (Lipinski definition) is 2. The standard InChI is InChI=1S/C14H10BrN3O2/c15-12-6-5-11(20-12)14(19)18-10-4-3-9(16)13-8(10)2-1-7-17-13/h1-7H,16H2,(H,18,19). The van der Waals surface area contributed by atoms with Crippen molar-refractivity contribution >= 4 is 44.1 Å². The molecule has 0 saturated carbocycles. The van der Waals surface area contributed by atoms with E-state index in [2.05, 4.69) is 26.2 Å². The zero-order chi connectivity index (χ0) is 14.1. The summed E-state index contributed by atoms with van der Waals surface area (Å²) in [4.78, 5) is 16.3. The van der Waals surface area contributed by atoms with E-state index in [1.807, 2.05) is 6.07 Å². The monoisotopic (exact) mass is 331 g/mol. The summed E-state index contributed by atoms with van der Waals surface area (Å²) in [5, 5.41) is 3.58. The molecule has 2 aromatic heterocycles. The summed E-state index contributed by atoms with van der Waals surface area (Å²) in [6.07, 6.45) is 1.66. The SMILES string of the molecule is Nc1ccc(NC(=O)c2ccc(Br)o2)c2cccnc12. The van der Waals surface area contributed by atoms with Gasteiger partial charge in [-0.25, -0.2) is 0 Å². The largest absolute Gasteiger partial charge is 0.444 e. The van der Waals surface area contributed by atoms with Crippen molar-refractivity contribution in [1.29, 1.82) is 0 Å². The maximum atomic E-state index is 12.1. The van der Waals surface area contributed by atoms with Crippen LogP contribution in [0.5, 0.6) is 0 Å². The predicted molar refractivity (Wildman–Crippen MR) is 80.5 cm³/mol. The Morgan fingerprint density at radius 3 is 2.85 bits per heavy atom. The molecule has 0 spiro atoms. The van der Waals surface area contributed by atoms with E-state index in [9.17, 15) is 4.79 Å². The Balaban J connectivity index is 1.99. The van der Waals surface area contributed by atoms with Crippen LogP contribution in [0.25, 0.3) is 10.9 Å². The second-order valence-electron chi connectivity index (χ2n) is 4.16. The quantitative estimate of drug-likeness (QED) is 0.705. The van der Waals surface area contributed by atoms with Crippen molar-refractivity contribution in [3.8, 4) is 0 Å². The highest BCUT2D eigenvalue weighted by atomic mass is 79.9. The molecule has 3 rings (SSSR count). The number of halogens is 1. The predicted octanol–water partition coefficient (Wildman–Crippen LogP) is 3.42. The highest BCUT2D eigenvalue weighted by Crippen LogP contribution is 2.27. The van der Waals surface area contributed by atoms with Gasteiger partial charge in [-0.3, -0.25) is 9.78 Å². The minimum atomic E-state index is -0.328. The number of nitrogens with one attached hydrogen (secondary N) is 1. The molecule has 0 aliphatic rings. The Morgan fingerprint density at radius 1 is 1.25 bits per heavy atom. The van der Waals surface area contributed by atoms with Gasteiger partial charge in [-0.1, -0.05) is 0 Å². The molecule has 0 unspecified atom stereocenters. The summed E-state index contributed by atoms with van der Waals surface area (Å²) in [6, 6.07) is 10.4. The van der Waals surface area contributed by atoms with Gasteiger partial charge in [-0.05, 0) is 52.3 Å². The molecule has 3 aromatic rings. The summed E-state index contributed by atoms with van der Waals surface area (Å²) >= 11 is 3.16. The third kappa shape index (κ3) is 2.25. The van der Waals surface area contributed by atoms with E-state index < -0.39 is 0 Å². The third-order valence-electron chi connectivity index (χ3n) is 2.85. The van der Waals surface area contributed by atoms with Crippen molar-refractivity contribution in [3.63, 3.8) is 0 Å². The molecule has 100 valence electrons. The summed E-state index contributed by atoms with van der Waals surface area (Å²) in [6.45, 7) is 0. The van der Waals surface area contributed by atoms with Gasteiger partial charge in [-0.2, -0.15) is 0 Å². The lowest BCUT2D eigenvalue weighted by molar-refractivity contribution is 0.0995. The number of hydrogen-bond acceptors (Lipinski definition) is 4. The van der Waals surface area contributed by atoms with Crippen molar-refractivity contribution in [3.05, 3.63) is 53.0 Å². The minimum absolute atomic E-state index is 0.228. The van der Waals surface area contributed by atoms with E-state index >= 15 is 0 Å². The number of pyridine rings is 1. The molecule has 0 atom stereocenters. The molecule has 3 N–H and O–H groups in total. The lowest BCUT2D eigenvalue weighted by atomic mass is 10.1. The van der Waals surface area contributed by atoms with E-state index in [1.54, 1.807) is 36.5 Å². The van der Waals surface area contributed by atoms with Gasteiger partial charge in [0.25, 0.3) is 5.91 Å². The number of furan rings is 1. The number of nitrogens with two attached hydrogens (primary N) is 1. The Kier molecular flexibility index (Phi) is 3.15. The van der Waals surface area contributed by atoms with Gasteiger partial charge < -0.3 is 15.5 Å². The molecule has 2 heterocycles. The summed E-state index contributed by atoms with van der Waals surface area (Å²) in [7, 11) is 0. The van der Waals surface area contributed by atoms with Gasteiger partial charge in [-0.15, -0.1) is 0 Å². The van der Waals surface area contributed by atoms with Crippen LogP contribution in [0.1, 0.15) is 10.6 Å². The van der Waals surface area contributed by atoms with E-state index in [-0.39, 0.29) is 11.7 Å². The fourth-order valence-electron chi connectivity index (χ4n) is 1.92. The lowest BCUT2D eigenvalue weighted by Gasteiger charge is -2.08. The Bertz CT molecular complexity index is 798. The third-order valence-corrected chi connectivity index (χ3v) is 3.27. The Labute approximate surface area is 122 Å². The molecule has 0 radical (unpaired) electrons. The van der Waals surface area contributed by atoms with Crippen LogP contribution >= 0.6 is 15.9 Å². The zero-order valence-corrected chi connectivity index (χ0v) is 11.8. The second kappa shape index (κ2) is 4.97. The summed E-state index contributed by atoms with van der Waals surface area (Å²) in [5.74, 6) is -0.101. The number of benzene rings is 1. The van der Waals surface area contributed by atoms with E-state index in [0.717, 1.165) is 5.39 Å². The topological polar surface area (TPSA) is 81.1 Å². The smallest absolute Gasteiger partial charge is 0.291 e. The first-order chi connectivity index (χ1) is 9.65. The van der Waals surface area contributed by atoms with Crippen LogP contribution in [0.15, 0.2) is 51.7 Å². The van der Waals surface area contributed by atoms with Gasteiger partial charge in [0.1, 0.15) is 0 Å². The number of aromatic nitrogens is 1. The van der Waals surface area contributed by atoms with Crippen molar-refractivity contribution in [1.82, 2.24) is 4.98 Å². The van der Waals surface area contributed by atoms with E-state index in [1.165, 1.54) is 0 Å². The molecule has 0 fully saturated rings. The molecule has 0 saturated heterocycles. The number of nitrogens with zero attached hydrogens (tertiary/aromatic N) is 1. The van der Waals surface area contributed by atoms with Crippen LogP contribution < -0.4 is 11.1 Å². The van der Waals surface area contributed by atoms with Crippen molar-refractivity contribution < 1.29 is 9.21 Å². The second-order valence-corrected chi connectivity index (χ2v) is 4.94. The minimum Gasteiger partial charge on any atom is -0.444 e. The molecular formula is C14H10BrN3O2. The van der Waals surface area contributed by atoms with Gasteiger partial charge in [0.15, 0.2) is 10.4 Å². The van der Waals surface area contributed by atoms with Crippen LogP contribution in [0.3, 0.4) is 0 Å². The average Bonchev–Trinajstić information content (AvgIpc) is 2.89. The van der Waals surface area contributed by atoms with Crippen molar-refractivity contribution in [2.24, 2.45) is 0 Å². The number of fused-ring (bicyclic) bond motifs is 1. The van der Waals surface area contributed by atoms with Crippen LogP contribution in [0.2, 0.25) is 0 Å². The summed E-state index contributed by atoms with van der Waals surface area (Å²) < 4.78 is 5.72. The molecule has 20 heavy (non-hydrogen) atoms. The molecule has 1 aromatic carbocycles. The molecule has 0 aliphatic heterocycles. The molecule has 5 nitrogen and oxygen atoms in total. The van der Waals surface area contributed by atoms with E-state index in [4.69, 9.17) is 10.2 Å². The van der Waals surface area contributed by atoms with Crippen LogP contribution in [0.4, 0.5) is 11.4 Å². The van der Waals surface area contributed by atoms with Crippen molar-refractivity contribution in [2.45, 2.75) is 0 Å². The number of carbonyl (C=O) groups excluding carboxylic acids is 1. The molecule has 0 aliphatic carbocycles. The molecule has 1 amide bonds. The van der Waals surface area contributed by atoms with Crippen LogP contribution in [-0.2, 0) is 0 Å². The molecular weight excluding hydrogens is 322 g/mol. The average molecular weight is 332 g/mol. The van der Waals surface area contributed by atoms with Crippen LogP contribution in [-0.4, -0.2) is 10.9 Å². The van der Waals surface area contributed by atoms with Gasteiger partial charge in [0.05, 0.1) is 16.9 Å². The summed E-state index contributed by atoms with van der Waals surface area (Å²) in [5.41, 5.74) is 7.74. The highest BCUT2D eigenvalue weighted by molar-refractivity contribution is 9.10. The number of rotatable bonds is 2. The fourth-order valence-corrected chi connectivity index (χ4v) is 2.23. The fraction of sp³-hybridized carbons (Fsp3) is 0. The Hall–Kier alpha value is -2.34. The first-order valence-corrected chi connectivity index (χ1v) is 6.64. The first-order valence-electron chi connectivity index (χ1n) is 5.85. The lowest BCUT2D eigenvalue weighted by Crippen LogP contribution is -2.11. The van der Waals surface area contributed by atoms with Crippen molar-refractivity contribution in [2.75, 3.05) is 11.1 Å². The Morgan fingerprint density at radius 2 is 2.10 bits per heavy atom. The molecule has 0 bridgehead atoms. The first kappa shape index (κ1) is 12.7. The maximum absolute atomic E-state index is 12.1. The normalized spacial score (nSPS) is 10.7. The number of amides is 1. The highest BCUT2D eigenvalue weighted by Gasteiger charge is 2.13. The maximum Gasteiger partial charge on any atom is 0.291 e. The van der Waals surface area contributed by atoms with E-state index in [0.29, 0.717) is 21.6 Å². The number of anilines is 2. The van der Waals surface area contributed by atoms with Gasteiger partial charge in [0.2, 0.25) is 0 Å². The van der Waals surface area contributed by atoms with Gasteiger partial charge in [0, 0.05) is 11.6 Å².